The number of fused-ring (bicyclic) bond motifs is 8. The Bertz CT molecular complexity index is 3310. The number of hydrogen-bond donors (Lipinski definition) is 0. The summed E-state index contributed by atoms with van der Waals surface area (Å²) in [6.45, 7) is 20.4. The number of ether oxygens (including phenoxy) is 2. The number of anilines is 1. The third-order valence-corrected chi connectivity index (χ3v) is 24.4. The SMILES string of the molecule is CC(C)[Si](C#Cc1c(F)ccc2cc3c(cnn3S(=O)(=O)C(F)(F)F)c(-c3nccc4c3sc3nc(OC[C@@]56CCCN5C[C@H](F)C6)nc(N5C[C@H]6CC[C@@H](C5)N6C(=O)OC(C)(C)C)c34)c12)(C(C)C)C(C)C. The smallest absolute Gasteiger partial charge is 0.461 e. The number of carbonyl (C=O) groups is 1. The van der Waals surface area contributed by atoms with E-state index in [4.69, 9.17) is 24.4 Å². The fourth-order valence-corrected chi connectivity index (χ4v) is 19.7. The normalized spacial score (nSPS) is 22.1. The molecule has 2 aromatic carbocycles. The molecule has 13 nitrogen and oxygen atoms in total. The van der Waals surface area contributed by atoms with Gasteiger partial charge in [0.2, 0.25) is 0 Å². The van der Waals surface area contributed by atoms with Gasteiger partial charge in [-0.25, -0.2) is 13.6 Å². The number of pyridine rings is 1. The zero-order valence-corrected chi connectivity index (χ0v) is 44.5. The van der Waals surface area contributed by atoms with Crippen molar-refractivity contribution >= 4 is 83.3 Å². The Labute approximate surface area is 420 Å². The second-order valence-electron chi connectivity index (χ2n) is 22.0. The maximum Gasteiger partial charge on any atom is 0.518 e. The van der Waals surface area contributed by atoms with Crippen LogP contribution < -0.4 is 9.64 Å². The van der Waals surface area contributed by atoms with Crippen molar-refractivity contribution in [3.05, 3.63) is 48.0 Å². The van der Waals surface area contributed by atoms with Crippen molar-refractivity contribution < 1.29 is 44.6 Å². The summed E-state index contributed by atoms with van der Waals surface area (Å²) >= 11 is 1.23. The van der Waals surface area contributed by atoms with E-state index in [1.54, 1.807) is 12.3 Å². The van der Waals surface area contributed by atoms with Crippen LogP contribution in [0.5, 0.6) is 6.01 Å². The van der Waals surface area contributed by atoms with Crippen molar-refractivity contribution in [2.75, 3.05) is 37.7 Å². The summed E-state index contributed by atoms with van der Waals surface area (Å²) in [6.07, 6.45) is 4.72. The number of carbonyl (C=O) groups excluding carboxylic acids is 1. The molecule has 4 fully saturated rings. The molecule has 4 aliphatic rings. The summed E-state index contributed by atoms with van der Waals surface area (Å²) in [5.41, 5.74) is -2.74. The van der Waals surface area contributed by atoms with Gasteiger partial charge in [0.25, 0.3) is 0 Å². The van der Waals surface area contributed by atoms with Crippen LogP contribution in [-0.4, -0.2) is 124 Å². The Balaban J connectivity index is 1.21. The van der Waals surface area contributed by atoms with E-state index in [9.17, 15) is 30.8 Å². The number of rotatable bonds is 9. The predicted octanol–water partition coefficient (Wildman–Crippen LogP) is 11.4. The molecule has 0 radical (unpaired) electrons. The lowest BCUT2D eigenvalue weighted by molar-refractivity contribution is -0.0448. The van der Waals surface area contributed by atoms with Gasteiger partial charge in [0.1, 0.15) is 42.9 Å². The monoisotopic (exact) mass is 1050 g/mol. The average Bonchev–Trinajstić information content (AvgIpc) is 4.10. The summed E-state index contributed by atoms with van der Waals surface area (Å²) in [6, 6.07) is 5.33. The molecular formula is C51H59F5N8O5S2Si. The van der Waals surface area contributed by atoms with Gasteiger partial charge in [0, 0.05) is 54.0 Å². The Hall–Kier alpha value is -5.17. The highest BCUT2D eigenvalue weighted by Gasteiger charge is 2.51. The molecule has 0 unspecified atom stereocenters. The summed E-state index contributed by atoms with van der Waals surface area (Å²) in [4.78, 5) is 35.2. The van der Waals surface area contributed by atoms with Crippen LogP contribution in [0.25, 0.3) is 53.2 Å². The molecule has 4 atom stereocenters. The van der Waals surface area contributed by atoms with E-state index < -0.39 is 46.7 Å². The van der Waals surface area contributed by atoms with E-state index in [-0.39, 0.29) is 90.0 Å². The van der Waals surface area contributed by atoms with Gasteiger partial charge in [0.05, 0.1) is 50.7 Å². The molecule has 4 aliphatic heterocycles. The van der Waals surface area contributed by atoms with Crippen LogP contribution >= 0.6 is 11.3 Å². The van der Waals surface area contributed by atoms with E-state index in [1.807, 2.05) is 25.7 Å². The number of benzene rings is 2. The second kappa shape index (κ2) is 17.8. The van der Waals surface area contributed by atoms with E-state index >= 15 is 4.39 Å². The number of halogens is 5. The van der Waals surface area contributed by atoms with E-state index in [1.165, 1.54) is 29.5 Å². The molecule has 0 aliphatic carbocycles. The molecule has 72 heavy (non-hydrogen) atoms. The minimum Gasteiger partial charge on any atom is -0.461 e. The molecule has 6 aromatic rings. The minimum atomic E-state index is -6.04. The topological polar surface area (TPSA) is 136 Å². The van der Waals surface area contributed by atoms with Crippen LogP contribution in [0, 0.1) is 17.3 Å². The van der Waals surface area contributed by atoms with Crippen molar-refractivity contribution in [3.8, 4) is 28.7 Å². The van der Waals surface area contributed by atoms with E-state index in [0.29, 0.717) is 52.2 Å². The predicted molar refractivity (Wildman–Crippen MR) is 273 cm³/mol. The molecule has 0 spiro atoms. The van der Waals surface area contributed by atoms with Gasteiger partial charge in [-0.15, -0.1) is 21.0 Å². The van der Waals surface area contributed by atoms with Crippen LogP contribution in [0.2, 0.25) is 16.6 Å². The van der Waals surface area contributed by atoms with E-state index in [2.05, 4.69) is 67.9 Å². The van der Waals surface area contributed by atoms with Gasteiger partial charge < -0.3 is 14.4 Å². The number of piperazine rings is 1. The average molecular weight is 1050 g/mol. The number of amides is 1. The van der Waals surface area contributed by atoms with Crippen LogP contribution in [-0.2, 0) is 14.8 Å². The first-order valence-corrected chi connectivity index (χ1v) is 29.2. The summed E-state index contributed by atoms with van der Waals surface area (Å²) in [5, 5.41) is 5.54. The molecule has 4 aromatic heterocycles. The fraction of sp³-hybridized carbons (Fsp3) is 0.549. The Morgan fingerprint density at radius 1 is 0.972 bits per heavy atom. The molecule has 384 valence electrons. The molecule has 2 bridgehead atoms. The standard InChI is InChI=1S/C51H59F5N8O5S2Si/c1-28(2)72(29(3)4,30(5)6)20-16-35-38(53)14-11-31-21-39-37(23-58-64(39)71(66,67)51(54,55)56)41(40(31)35)43-44-36(15-18-57-43)42-45(61-25-33-12-13-34(26-61)63(33)48(65)69-49(7,8)9)59-47(60-46(42)70-44)68-27-50-17-10-19-62(50)24-32(52)22-50/h11,14-15,18,21,23,28-30,32-34H,10,12-13,17,19,22,24-27H2,1-9H3/t32-,33-,34+,50+/m1/s1. The number of alkyl halides is 4. The molecule has 21 heteroatoms. The van der Waals surface area contributed by atoms with Gasteiger partial charge in [-0.3, -0.25) is 14.8 Å². The summed E-state index contributed by atoms with van der Waals surface area (Å²) in [7, 11) is -8.54. The number of thiophene rings is 1. The summed E-state index contributed by atoms with van der Waals surface area (Å²) < 4.78 is 114. The Kier molecular flexibility index (Phi) is 12.4. The molecule has 4 saturated heterocycles. The highest BCUT2D eigenvalue weighted by Crippen LogP contribution is 2.49. The fourth-order valence-electron chi connectivity index (χ4n) is 12.6. The number of nitrogens with zero attached hydrogens (tertiary/aromatic N) is 8. The van der Waals surface area contributed by atoms with Crippen LogP contribution in [0.3, 0.4) is 0 Å². The Morgan fingerprint density at radius 2 is 1.67 bits per heavy atom. The third-order valence-electron chi connectivity index (χ3n) is 15.6. The first kappa shape index (κ1) is 50.4. The minimum absolute atomic E-state index is 0.00632. The van der Waals surface area contributed by atoms with Crippen molar-refractivity contribution in [2.24, 2.45) is 0 Å². The second-order valence-corrected chi connectivity index (χ2v) is 30.3. The van der Waals surface area contributed by atoms with Gasteiger partial charge >= 0.3 is 27.6 Å². The Morgan fingerprint density at radius 3 is 2.32 bits per heavy atom. The number of aromatic nitrogens is 5. The molecule has 0 N–H and O–H groups in total. The van der Waals surface area contributed by atoms with Crippen LogP contribution in [0.1, 0.15) is 100.0 Å². The van der Waals surface area contributed by atoms with Crippen molar-refractivity contribution in [1.82, 2.24) is 33.9 Å². The quantitative estimate of drug-likeness (QED) is 0.0778. The molecule has 8 heterocycles. The molecule has 0 saturated carbocycles. The molecule has 10 rings (SSSR count). The lowest BCUT2D eigenvalue weighted by Gasteiger charge is -2.42. The van der Waals surface area contributed by atoms with Crippen LogP contribution in [0.15, 0.2) is 36.7 Å². The van der Waals surface area contributed by atoms with Gasteiger partial charge in [-0.2, -0.15) is 36.7 Å². The van der Waals surface area contributed by atoms with Crippen molar-refractivity contribution in [3.63, 3.8) is 0 Å². The maximum atomic E-state index is 16.8. The zero-order chi connectivity index (χ0) is 51.6. The van der Waals surface area contributed by atoms with Gasteiger partial charge in [-0.1, -0.05) is 53.5 Å². The van der Waals surface area contributed by atoms with Gasteiger partial charge in [-0.05, 0) is 93.2 Å². The lowest BCUT2D eigenvalue weighted by atomic mass is 9.93. The first-order valence-electron chi connectivity index (χ1n) is 24.7. The largest absolute Gasteiger partial charge is 0.518 e. The number of hydrogen-bond acceptors (Lipinski definition) is 12. The highest BCUT2D eigenvalue weighted by molar-refractivity contribution is 7.90. The van der Waals surface area contributed by atoms with Crippen molar-refractivity contribution in [2.45, 2.75) is 146 Å². The maximum absolute atomic E-state index is 16.8. The summed E-state index contributed by atoms with van der Waals surface area (Å²) in [5.74, 6) is 3.15. The van der Waals surface area contributed by atoms with Crippen molar-refractivity contribution in [1.29, 1.82) is 0 Å². The van der Waals surface area contributed by atoms with Crippen LogP contribution in [0.4, 0.5) is 32.6 Å². The zero-order valence-electron chi connectivity index (χ0n) is 41.8. The highest BCUT2D eigenvalue weighted by atomic mass is 32.2. The first-order chi connectivity index (χ1) is 33.8. The third kappa shape index (κ3) is 8.17. The van der Waals surface area contributed by atoms with E-state index in [0.717, 1.165) is 38.4 Å². The lowest BCUT2D eigenvalue weighted by Crippen LogP contribution is -2.57. The molecule has 1 amide bonds. The van der Waals surface area contributed by atoms with Gasteiger partial charge in [0.15, 0.2) is 0 Å². The molecular weight excluding hydrogens is 992 g/mol.